The number of aryl methyl sites for hydroxylation is 1. The van der Waals surface area contributed by atoms with Crippen LogP contribution in [0.1, 0.15) is 22.5 Å². The summed E-state index contributed by atoms with van der Waals surface area (Å²) in [7, 11) is 0. The van der Waals surface area contributed by atoms with Crippen molar-refractivity contribution < 1.29 is 13.2 Å². The fourth-order valence-electron chi connectivity index (χ4n) is 2.48. The van der Waals surface area contributed by atoms with E-state index in [2.05, 4.69) is 5.10 Å². The lowest BCUT2D eigenvalue weighted by Gasteiger charge is -2.07. The molecule has 3 N–H and O–H groups in total. The Hall–Kier alpha value is -1.54. The van der Waals surface area contributed by atoms with Gasteiger partial charge < -0.3 is 10.3 Å². The van der Waals surface area contributed by atoms with Gasteiger partial charge in [0.05, 0.1) is 22.2 Å². The summed E-state index contributed by atoms with van der Waals surface area (Å²) in [4.78, 5) is 0.179. The van der Waals surface area contributed by atoms with Gasteiger partial charge in [-0.05, 0) is 37.6 Å². The summed E-state index contributed by atoms with van der Waals surface area (Å²) in [5.41, 5.74) is 8.84. The summed E-state index contributed by atoms with van der Waals surface area (Å²) < 4.78 is 35.5. The molecule has 130 valence electrons. The minimum atomic E-state index is -2.12. The molecule has 0 radical (unpaired) electrons. The van der Waals surface area contributed by atoms with E-state index in [1.54, 1.807) is 16.8 Å². The van der Waals surface area contributed by atoms with Gasteiger partial charge in [0.15, 0.2) is 11.1 Å². The van der Waals surface area contributed by atoms with Crippen LogP contribution in [-0.4, -0.2) is 25.1 Å². The van der Waals surface area contributed by atoms with E-state index in [1.165, 1.54) is 12.1 Å². The number of benzene rings is 1. The van der Waals surface area contributed by atoms with Crippen LogP contribution >= 0.6 is 11.6 Å². The second-order valence-electron chi connectivity index (χ2n) is 5.38. The van der Waals surface area contributed by atoms with Crippen molar-refractivity contribution in [2.45, 2.75) is 31.7 Å². The molecule has 8 heteroatoms. The third-order valence-corrected chi connectivity index (χ3v) is 4.89. The van der Waals surface area contributed by atoms with E-state index in [-0.39, 0.29) is 28.8 Å². The van der Waals surface area contributed by atoms with Gasteiger partial charge in [0, 0.05) is 24.2 Å². The van der Waals surface area contributed by atoms with Gasteiger partial charge >= 0.3 is 0 Å². The van der Waals surface area contributed by atoms with Crippen LogP contribution in [0.15, 0.2) is 35.0 Å². The molecule has 0 spiro atoms. The number of hydrogen-bond acceptors (Lipinski definition) is 3. The average molecular weight is 372 g/mol. The number of halogens is 2. The van der Waals surface area contributed by atoms with Gasteiger partial charge in [0.25, 0.3) is 0 Å². The third-order valence-electron chi connectivity index (χ3n) is 3.74. The zero-order chi connectivity index (χ0) is 17.9. The van der Waals surface area contributed by atoms with Crippen LogP contribution in [0.2, 0.25) is 5.02 Å². The lowest BCUT2D eigenvalue weighted by molar-refractivity contribution is 0.517. The minimum Gasteiger partial charge on any atom is -0.327 e. The second kappa shape index (κ2) is 8.02. The molecule has 0 amide bonds. The smallest absolute Gasteiger partial charge is 0.188 e. The van der Waals surface area contributed by atoms with E-state index in [1.807, 2.05) is 13.8 Å². The van der Waals surface area contributed by atoms with Crippen molar-refractivity contribution >= 4 is 22.7 Å². The van der Waals surface area contributed by atoms with Crippen molar-refractivity contribution in [2.75, 3.05) is 6.54 Å². The van der Waals surface area contributed by atoms with Crippen LogP contribution in [0, 0.1) is 13.8 Å². The van der Waals surface area contributed by atoms with Crippen LogP contribution in [0.5, 0.6) is 0 Å². The van der Waals surface area contributed by atoms with E-state index in [0.717, 1.165) is 22.5 Å². The molecule has 24 heavy (non-hydrogen) atoms. The van der Waals surface area contributed by atoms with Crippen LogP contribution in [-0.2, 0) is 24.0 Å². The number of aromatic nitrogens is 2. The van der Waals surface area contributed by atoms with Crippen LogP contribution in [0.3, 0.4) is 0 Å². The van der Waals surface area contributed by atoms with E-state index in [9.17, 15) is 8.60 Å². The number of nitrogens with two attached hydrogens (primary N) is 1. The Morgan fingerprint density at radius 2 is 2.21 bits per heavy atom. The average Bonchev–Trinajstić information content (AvgIpc) is 2.75. The van der Waals surface area contributed by atoms with Crippen molar-refractivity contribution in [1.29, 1.82) is 0 Å². The number of nitrogens with zero attached hydrogens (tertiary/aromatic N) is 2. The molecule has 1 aromatic carbocycles. The molecule has 2 rings (SSSR count). The molecule has 1 heterocycles. The molecule has 1 atom stereocenters. The minimum absolute atomic E-state index is 0.0487. The summed E-state index contributed by atoms with van der Waals surface area (Å²) in [6.45, 7) is 3.94. The number of rotatable bonds is 6. The van der Waals surface area contributed by atoms with E-state index in [0.29, 0.717) is 6.42 Å². The van der Waals surface area contributed by atoms with E-state index >= 15 is 0 Å². The van der Waals surface area contributed by atoms with Gasteiger partial charge in [-0.3, -0.25) is 4.68 Å². The molecule has 2 aromatic rings. The quantitative estimate of drug-likeness (QED) is 0.764. The standard InChI is InChI=1S/C16H19ClFN3O2S/c1-10-14(11(2)21(20-10)9-13(18)5-6-19)7-12-3-4-16(24(22)23)15(17)8-12/h3-5,8H,6-7,9,19H2,1-2H3,(H,22,23). The zero-order valence-corrected chi connectivity index (χ0v) is 15.0. The van der Waals surface area contributed by atoms with Crippen molar-refractivity contribution in [3.8, 4) is 0 Å². The highest BCUT2D eigenvalue weighted by atomic mass is 35.5. The van der Waals surface area contributed by atoms with Crippen molar-refractivity contribution in [1.82, 2.24) is 9.78 Å². The molecule has 0 saturated carbocycles. The van der Waals surface area contributed by atoms with E-state index < -0.39 is 11.1 Å². The highest BCUT2D eigenvalue weighted by molar-refractivity contribution is 7.79. The summed E-state index contributed by atoms with van der Waals surface area (Å²) in [5, 5.41) is 4.61. The maximum atomic E-state index is 13.7. The Bertz CT molecular complexity index is 805. The van der Waals surface area contributed by atoms with Crippen molar-refractivity contribution in [3.05, 3.63) is 57.6 Å². The third kappa shape index (κ3) is 4.30. The molecule has 0 aliphatic carbocycles. The molecule has 0 fully saturated rings. The Morgan fingerprint density at radius 1 is 1.50 bits per heavy atom. The Morgan fingerprint density at radius 3 is 2.79 bits per heavy atom. The van der Waals surface area contributed by atoms with Gasteiger partial charge in [0.2, 0.25) is 0 Å². The van der Waals surface area contributed by atoms with Gasteiger partial charge in [-0.15, -0.1) is 0 Å². The summed E-state index contributed by atoms with van der Waals surface area (Å²) in [5.74, 6) is -0.326. The predicted molar refractivity (Wildman–Crippen MR) is 93.2 cm³/mol. The Labute approximate surface area is 147 Å². The first-order valence-electron chi connectivity index (χ1n) is 7.30. The first-order chi connectivity index (χ1) is 11.3. The molecule has 5 nitrogen and oxygen atoms in total. The molecule has 1 aromatic heterocycles. The molecular formula is C16H19ClFN3O2S. The fraction of sp³-hybridized carbons (Fsp3) is 0.312. The monoisotopic (exact) mass is 371 g/mol. The maximum absolute atomic E-state index is 13.7. The number of hydrogen-bond donors (Lipinski definition) is 2. The topological polar surface area (TPSA) is 81.1 Å². The van der Waals surface area contributed by atoms with Gasteiger partial charge in [0.1, 0.15) is 5.83 Å². The maximum Gasteiger partial charge on any atom is 0.188 e. The normalized spacial score (nSPS) is 13.3. The van der Waals surface area contributed by atoms with Crippen molar-refractivity contribution in [2.24, 2.45) is 5.73 Å². The largest absolute Gasteiger partial charge is 0.327 e. The lowest BCUT2D eigenvalue weighted by atomic mass is 10.0. The van der Waals surface area contributed by atoms with Crippen molar-refractivity contribution in [3.63, 3.8) is 0 Å². The van der Waals surface area contributed by atoms with Crippen LogP contribution < -0.4 is 5.73 Å². The first kappa shape index (κ1) is 18.8. The first-order valence-corrected chi connectivity index (χ1v) is 8.78. The molecule has 1 unspecified atom stereocenters. The molecule has 0 aliphatic rings. The highest BCUT2D eigenvalue weighted by Crippen LogP contribution is 2.24. The molecule has 0 bridgehead atoms. The Balaban J connectivity index is 2.27. The predicted octanol–water partition coefficient (Wildman–Crippen LogP) is 3.14. The summed E-state index contributed by atoms with van der Waals surface area (Å²) in [6.07, 6.45) is 1.88. The van der Waals surface area contributed by atoms with Crippen LogP contribution in [0.25, 0.3) is 0 Å². The molecule has 0 saturated heterocycles. The van der Waals surface area contributed by atoms with Crippen LogP contribution in [0.4, 0.5) is 4.39 Å². The molecule has 0 aliphatic heterocycles. The summed E-state index contributed by atoms with van der Waals surface area (Å²) >= 11 is 3.92. The van der Waals surface area contributed by atoms with E-state index in [4.69, 9.17) is 21.9 Å². The second-order valence-corrected chi connectivity index (χ2v) is 6.73. The Kier molecular flexibility index (Phi) is 6.28. The highest BCUT2D eigenvalue weighted by Gasteiger charge is 2.14. The zero-order valence-electron chi connectivity index (χ0n) is 13.4. The van der Waals surface area contributed by atoms with Gasteiger partial charge in [-0.1, -0.05) is 17.7 Å². The number of allylic oxidation sites excluding steroid dienone is 1. The van der Waals surface area contributed by atoms with Gasteiger partial charge in [-0.25, -0.2) is 8.60 Å². The lowest BCUT2D eigenvalue weighted by Crippen LogP contribution is -2.05. The SMILES string of the molecule is Cc1nn(CC(F)=CCN)c(C)c1Cc1ccc(S(=O)O)c(Cl)c1. The fourth-order valence-corrected chi connectivity index (χ4v) is 3.29. The summed E-state index contributed by atoms with van der Waals surface area (Å²) in [6, 6.07) is 4.95. The molecular weight excluding hydrogens is 353 g/mol. The van der Waals surface area contributed by atoms with Gasteiger partial charge in [-0.2, -0.15) is 5.10 Å².